The van der Waals surface area contributed by atoms with Crippen molar-refractivity contribution < 1.29 is 4.79 Å². The lowest BCUT2D eigenvalue weighted by molar-refractivity contribution is 0.0955. The maximum atomic E-state index is 12.1. The van der Waals surface area contributed by atoms with Gasteiger partial charge in [0.05, 0.1) is 10.6 Å². The van der Waals surface area contributed by atoms with Crippen LogP contribution in [0, 0.1) is 5.92 Å². The zero-order valence-electron chi connectivity index (χ0n) is 10.7. The highest BCUT2D eigenvalue weighted by Crippen LogP contribution is 2.44. The largest absolute Gasteiger partial charge is 0.390 e. The minimum Gasteiger partial charge on any atom is -0.390 e. The van der Waals surface area contributed by atoms with Crippen molar-refractivity contribution in [3.63, 3.8) is 0 Å². The summed E-state index contributed by atoms with van der Waals surface area (Å²) in [6.07, 6.45) is 2.26. The topological polar surface area (TPSA) is 55.1 Å². The Hall–Kier alpha value is -1.03. The second-order valence-corrected chi connectivity index (χ2v) is 5.98. The third kappa shape index (κ3) is 2.06. The van der Waals surface area contributed by atoms with E-state index < -0.39 is 0 Å². The van der Waals surface area contributed by atoms with Gasteiger partial charge in [-0.3, -0.25) is 4.79 Å². The number of nitrogens with two attached hydrogens (primary N) is 1. The van der Waals surface area contributed by atoms with Crippen LogP contribution in [0.2, 0.25) is 0 Å². The molecular weight excluding hydrogens is 232 g/mol. The van der Waals surface area contributed by atoms with Gasteiger partial charge >= 0.3 is 0 Å². The second kappa shape index (κ2) is 4.69. The summed E-state index contributed by atoms with van der Waals surface area (Å²) in [6.45, 7) is 7.03. The third-order valence-corrected chi connectivity index (χ3v) is 4.84. The SMILES string of the molecule is CCNC(=O)c1c(N)sc2c1C(C)C(C)CC2. The van der Waals surface area contributed by atoms with Gasteiger partial charge in [-0.15, -0.1) is 11.3 Å². The van der Waals surface area contributed by atoms with Crippen molar-refractivity contribution >= 4 is 22.2 Å². The lowest BCUT2D eigenvalue weighted by atomic mass is 9.79. The highest BCUT2D eigenvalue weighted by Gasteiger charge is 2.31. The summed E-state index contributed by atoms with van der Waals surface area (Å²) >= 11 is 1.59. The van der Waals surface area contributed by atoms with Crippen LogP contribution in [0.3, 0.4) is 0 Å². The Labute approximate surface area is 106 Å². The number of fused-ring (bicyclic) bond motifs is 1. The molecule has 0 saturated heterocycles. The molecule has 4 heteroatoms. The monoisotopic (exact) mass is 252 g/mol. The number of hydrogen-bond acceptors (Lipinski definition) is 3. The van der Waals surface area contributed by atoms with Crippen LogP contribution in [0.25, 0.3) is 0 Å². The Morgan fingerprint density at radius 2 is 2.24 bits per heavy atom. The summed E-state index contributed by atoms with van der Waals surface area (Å²) in [5.74, 6) is 1.05. The molecule has 0 saturated carbocycles. The van der Waals surface area contributed by atoms with E-state index in [0.29, 0.717) is 23.4 Å². The van der Waals surface area contributed by atoms with Gasteiger partial charge in [0.2, 0.25) is 0 Å². The molecule has 0 radical (unpaired) electrons. The number of carbonyl (C=O) groups is 1. The van der Waals surface area contributed by atoms with Crippen LogP contribution in [-0.4, -0.2) is 12.5 Å². The maximum absolute atomic E-state index is 12.1. The molecule has 1 aromatic rings. The van der Waals surface area contributed by atoms with Crippen molar-refractivity contribution in [2.24, 2.45) is 5.92 Å². The maximum Gasteiger partial charge on any atom is 0.254 e. The molecule has 1 amide bonds. The van der Waals surface area contributed by atoms with E-state index in [0.717, 1.165) is 12.0 Å². The van der Waals surface area contributed by atoms with Crippen LogP contribution in [-0.2, 0) is 6.42 Å². The van der Waals surface area contributed by atoms with Crippen LogP contribution in [0.4, 0.5) is 5.00 Å². The van der Waals surface area contributed by atoms with E-state index in [4.69, 9.17) is 5.73 Å². The fourth-order valence-electron chi connectivity index (χ4n) is 2.55. The van der Waals surface area contributed by atoms with Gasteiger partial charge in [0.15, 0.2) is 0 Å². The number of nitrogens with one attached hydrogen (secondary N) is 1. The predicted octanol–water partition coefficient (Wildman–Crippen LogP) is 2.77. The van der Waals surface area contributed by atoms with Gasteiger partial charge in [-0.05, 0) is 37.2 Å². The summed E-state index contributed by atoms with van der Waals surface area (Å²) < 4.78 is 0. The Morgan fingerprint density at radius 1 is 1.53 bits per heavy atom. The Morgan fingerprint density at radius 3 is 2.88 bits per heavy atom. The van der Waals surface area contributed by atoms with E-state index in [9.17, 15) is 4.79 Å². The van der Waals surface area contributed by atoms with Gasteiger partial charge in [0, 0.05) is 11.4 Å². The summed E-state index contributed by atoms with van der Waals surface area (Å²) in [5.41, 5.74) is 7.96. The Balaban J connectivity index is 2.46. The van der Waals surface area contributed by atoms with Crippen molar-refractivity contribution in [2.45, 2.75) is 39.5 Å². The normalized spacial score (nSPS) is 23.2. The van der Waals surface area contributed by atoms with E-state index in [1.54, 1.807) is 11.3 Å². The van der Waals surface area contributed by atoms with Crippen LogP contribution in [0.1, 0.15) is 53.9 Å². The molecule has 2 atom stereocenters. The van der Waals surface area contributed by atoms with Crippen LogP contribution < -0.4 is 11.1 Å². The molecular formula is C13H20N2OS. The van der Waals surface area contributed by atoms with Crippen molar-refractivity contribution in [1.29, 1.82) is 0 Å². The zero-order valence-corrected chi connectivity index (χ0v) is 11.5. The van der Waals surface area contributed by atoms with Crippen molar-refractivity contribution in [1.82, 2.24) is 5.32 Å². The fraction of sp³-hybridized carbons (Fsp3) is 0.615. The molecule has 94 valence electrons. The molecule has 1 heterocycles. The number of nitrogen functional groups attached to an aromatic ring is 1. The molecule has 3 nitrogen and oxygen atoms in total. The Kier molecular flexibility index (Phi) is 3.43. The van der Waals surface area contributed by atoms with Crippen LogP contribution in [0.5, 0.6) is 0 Å². The van der Waals surface area contributed by atoms with Crippen LogP contribution >= 0.6 is 11.3 Å². The minimum absolute atomic E-state index is 0.0107. The van der Waals surface area contributed by atoms with Crippen molar-refractivity contribution in [3.05, 3.63) is 16.0 Å². The number of aryl methyl sites for hydroxylation is 1. The molecule has 2 unspecified atom stereocenters. The molecule has 3 N–H and O–H groups in total. The fourth-order valence-corrected chi connectivity index (χ4v) is 3.74. The number of thiophene rings is 1. The first-order chi connectivity index (χ1) is 8.06. The van der Waals surface area contributed by atoms with E-state index in [1.807, 2.05) is 6.92 Å². The second-order valence-electron chi connectivity index (χ2n) is 4.84. The first-order valence-electron chi connectivity index (χ1n) is 6.25. The van der Waals surface area contributed by atoms with E-state index in [1.165, 1.54) is 16.9 Å². The van der Waals surface area contributed by atoms with Crippen LogP contribution in [0.15, 0.2) is 0 Å². The molecule has 0 aromatic carbocycles. The van der Waals surface area contributed by atoms with Gasteiger partial charge in [-0.1, -0.05) is 13.8 Å². The smallest absolute Gasteiger partial charge is 0.254 e. The van der Waals surface area contributed by atoms with Gasteiger partial charge in [0.25, 0.3) is 5.91 Å². The number of rotatable bonds is 2. The first kappa shape index (κ1) is 12.4. The Bertz CT molecular complexity index is 439. The van der Waals surface area contributed by atoms with Gasteiger partial charge in [0.1, 0.15) is 0 Å². The van der Waals surface area contributed by atoms with Gasteiger partial charge in [-0.25, -0.2) is 0 Å². The quantitative estimate of drug-likeness (QED) is 0.850. The van der Waals surface area contributed by atoms with Gasteiger partial charge < -0.3 is 11.1 Å². The minimum atomic E-state index is -0.0107. The summed E-state index contributed by atoms with van der Waals surface area (Å²) in [5, 5.41) is 3.54. The molecule has 2 rings (SSSR count). The van der Waals surface area contributed by atoms with E-state index >= 15 is 0 Å². The van der Waals surface area contributed by atoms with E-state index in [-0.39, 0.29) is 5.91 Å². The third-order valence-electron chi connectivity index (χ3n) is 3.75. The number of anilines is 1. The zero-order chi connectivity index (χ0) is 12.6. The average Bonchev–Trinajstić information content (AvgIpc) is 2.61. The molecule has 1 aromatic heterocycles. The molecule has 0 bridgehead atoms. The average molecular weight is 252 g/mol. The molecule has 17 heavy (non-hydrogen) atoms. The number of hydrogen-bond donors (Lipinski definition) is 2. The number of amides is 1. The molecule has 0 fully saturated rings. The summed E-state index contributed by atoms with van der Waals surface area (Å²) in [7, 11) is 0. The standard InChI is InChI=1S/C13H20N2OS/c1-4-15-13(16)11-10-8(3)7(2)5-6-9(10)17-12(11)14/h7-8H,4-6,14H2,1-3H3,(H,15,16). The first-order valence-corrected chi connectivity index (χ1v) is 7.07. The highest BCUT2D eigenvalue weighted by atomic mass is 32.1. The van der Waals surface area contributed by atoms with E-state index in [2.05, 4.69) is 19.2 Å². The summed E-state index contributed by atoms with van der Waals surface area (Å²) in [4.78, 5) is 13.4. The molecule has 1 aliphatic carbocycles. The van der Waals surface area contributed by atoms with Gasteiger partial charge in [-0.2, -0.15) is 0 Å². The molecule has 0 spiro atoms. The van der Waals surface area contributed by atoms with Crippen molar-refractivity contribution in [2.75, 3.05) is 12.3 Å². The summed E-state index contributed by atoms with van der Waals surface area (Å²) in [6, 6.07) is 0. The predicted molar refractivity (Wildman–Crippen MR) is 72.6 cm³/mol. The molecule has 0 aliphatic heterocycles. The molecule has 1 aliphatic rings. The lowest BCUT2D eigenvalue weighted by Gasteiger charge is -2.26. The van der Waals surface area contributed by atoms with Crippen molar-refractivity contribution in [3.8, 4) is 0 Å². The lowest BCUT2D eigenvalue weighted by Crippen LogP contribution is -2.26. The highest BCUT2D eigenvalue weighted by molar-refractivity contribution is 7.16. The number of carbonyl (C=O) groups excluding carboxylic acids is 1.